The van der Waals surface area contributed by atoms with Crippen LogP contribution in [0.1, 0.15) is 36.8 Å². The van der Waals surface area contributed by atoms with Crippen molar-refractivity contribution in [3.05, 3.63) is 59.7 Å². The molecule has 29 heavy (non-hydrogen) atoms. The molecule has 0 amide bonds. The molecule has 2 aromatic rings. The van der Waals surface area contributed by atoms with Gasteiger partial charge in [0, 0.05) is 30.3 Å². The third kappa shape index (κ3) is 5.10. The van der Waals surface area contributed by atoms with Crippen LogP contribution in [0.5, 0.6) is 11.5 Å². The molecule has 1 atom stereocenters. The lowest BCUT2D eigenvalue weighted by atomic mass is 10.0. The monoisotopic (exact) mass is 396 g/mol. The average Bonchev–Trinajstić information content (AvgIpc) is 3.39. The van der Waals surface area contributed by atoms with Gasteiger partial charge in [0.1, 0.15) is 24.2 Å². The Morgan fingerprint density at radius 2 is 1.86 bits per heavy atom. The van der Waals surface area contributed by atoms with Crippen LogP contribution in [0.3, 0.4) is 0 Å². The van der Waals surface area contributed by atoms with Crippen LogP contribution in [-0.2, 0) is 12.1 Å². The molecule has 1 aliphatic carbocycles. The molecule has 1 saturated carbocycles. The van der Waals surface area contributed by atoms with Crippen molar-refractivity contribution in [1.29, 1.82) is 0 Å². The summed E-state index contributed by atoms with van der Waals surface area (Å²) in [5.74, 6) is 1.54. The van der Waals surface area contributed by atoms with E-state index in [4.69, 9.17) is 9.47 Å². The maximum Gasteiger partial charge on any atom is 0.127 e. The predicted octanol–water partition coefficient (Wildman–Crippen LogP) is 3.31. The summed E-state index contributed by atoms with van der Waals surface area (Å²) in [6.45, 7) is 3.84. The van der Waals surface area contributed by atoms with E-state index in [2.05, 4.69) is 46.6 Å². The number of β-amino-alcohol motifs (C(OH)–C–C–N with tert-alkyl or cyclic N) is 1. The molecule has 2 aliphatic rings. The van der Waals surface area contributed by atoms with Crippen LogP contribution < -0.4 is 14.8 Å². The van der Waals surface area contributed by atoms with Crippen molar-refractivity contribution in [3.8, 4) is 11.5 Å². The third-order valence-corrected chi connectivity index (χ3v) is 6.07. The third-order valence-electron chi connectivity index (χ3n) is 6.07. The average molecular weight is 397 g/mol. The van der Waals surface area contributed by atoms with E-state index in [-0.39, 0.29) is 5.54 Å². The van der Waals surface area contributed by atoms with Gasteiger partial charge >= 0.3 is 0 Å². The number of nitrogens with zero attached hydrogens (tertiary/aromatic N) is 1. The molecular weight excluding hydrogens is 364 g/mol. The summed E-state index contributed by atoms with van der Waals surface area (Å²) in [7, 11) is 1.66. The van der Waals surface area contributed by atoms with Gasteiger partial charge in [-0.3, -0.25) is 0 Å². The molecule has 2 fully saturated rings. The van der Waals surface area contributed by atoms with E-state index in [1.54, 1.807) is 7.11 Å². The van der Waals surface area contributed by atoms with E-state index in [0.717, 1.165) is 49.5 Å². The second-order valence-corrected chi connectivity index (χ2v) is 8.25. The summed E-state index contributed by atoms with van der Waals surface area (Å²) >= 11 is 0. The van der Waals surface area contributed by atoms with Gasteiger partial charge in [0.15, 0.2) is 0 Å². The Labute approximate surface area is 173 Å². The van der Waals surface area contributed by atoms with Gasteiger partial charge in [-0.05, 0) is 50.4 Å². The molecular formula is C24H32N2O3. The molecule has 1 heterocycles. The maximum absolute atomic E-state index is 10.4. The molecule has 1 saturated heterocycles. The molecule has 4 rings (SSSR count). The maximum atomic E-state index is 10.4. The Kier molecular flexibility index (Phi) is 6.38. The summed E-state index contributed by atoms with van der Waals surface area (Å²) in [6.07, 6.45) is 4.26. The number of aliphatic hydroxyl groups excluding tert-OH is 1. The zero-order valence-corrected chi connectivity index (χ0v) is 17.3. The highest BCUT2D eigenvalue weighted by Crippen LogP contribution is 2.45. The summed E-state index contributed by atoms with van der Waals surface area (Å²) in [4.78, 5) is 2.30. The van der Waals surface area contributed by atoms with Crippen molar-refractivity contribution in [2.75, 3.05) is 33.4 Å². The summed E-state index contributed by atoms with van der Waals surface area (Å²) < 4.78 is 11.4. The molecule has 1 aliphatic heterocycles. The minimum absolute atomic E-state index is 0.0771. The normalized spacial score (nSPS) is 19.1. The van der Waals surface area contributed by atoms with Crippen LogP contribution in [0.2, 0.25) is 0 Å². The first kappa shape index (κ1) is 20.2. The number of rotatable bonds is 10. The zero-order valence-electron chi connectivity index (χ0n) is 17.3. The number of methoxy groups -OCH3 is 1. The number of likely N-dealkylation sites (tertiary alicyclic amines) is 1. The van der Waals surface area contributed by atoms with Gasteiger partial charge in [-0.2, -0.15) is 0 Å². The van der Waals surface area contributed by atoms with E-state index < -0.39 is 6.10 Å². The minimum atomic E-state index is -0.487. The predicted molar refractivity (Wildman–Crippen MR) is 114 cm³/mol. The number of nitrogens with one attached hydrogen (secondary N) is 1. The van der Waals surface area contributed by atoms with E-state index >= 15 is 0 Å². The van der Waals surface area contributed by atoms with Gasteiger partial charge < -0.3 is 24.8 Å². The second-order valence-electron chi connectivity index (χ2n) is 8.25. The second kappa shape index (κ2) is 9.16. The van der Waals surface area contributed by atoms with Gasteiger partial charge in [0.25, 0.3) is 0 Å². The van der Waals surface area contributed by atoms with Crippen molar-refractivity contribution in [2.45, 2.75) is 43.9 Å². The number of benzene rings is 2. The highest BCUT2D eigenvalue weighted by molar-refractivity contribution is 5.41. The molecule has 5 heteroatoms. The van der Waals surface area contributed by atoms with Crippen LogP contribution in [0.15, 0.2) is 48.5 Å². The van der Waals surface area contributed by atoms with Crippen molar-refractivity contribution in [3.63, 3.8) is 0 Å². The SMILES string of the molecule is COc1ccc(CNC2(c3ccccc3)CC2)c(OCC(O)CN2CCCC2)c1. The summed E-state index contributed by atoms with van der Waals surface area (Å²) in [5, 5.41) is 14.1. The Balaban J connectivity index is 1.39. The highest BCUT2D eigenvalue weighted by Gasteiger charge is 2.43. The van der Waals surface area contributed by atoms with Gasteiger partial charge in [0.05, 0.1) is 7.11 Å². The number of ether oxygens (including phenoxy) is 2. The fourth-order valence-electron chi connectivity index (χ4n) is 4.16. The Morgan fingerprint density at radius 3 is 2.55 bits per heavy atom. The molecule has 1 unspecified atom stereocenters. The van der Waals surface area contributed by atoms with Gasteiger partial charge in [0.2, 0.25) is 0 Å². The van der Waals surface area contributed by atoms with Crippen LogP contribution >= 0.6 is 0 Å². The van der Waals surface area contributed by atoms with E-state index in [9.17, 15) is 5.11 Å². The molecule has 2 aromatic carbocycles. The molecule has 0 bridgehead atoms. The minimum Gasteiger partial charge on any atom is -0.497 e. The van der Waals surface area contributed by atoms with Crippen molar-refractivity contribution in [2.24, 2.45) is 0 Å². The fraction of sp³-hybridized carbons (Fsp3) is 0.500. The molecule has 0 radical (unpaired) electrons. The Hall–Kier alpha value is -2.08. The van der Waals surface area contributed by atoms with Crippen molar-refractivity contribution >= 4 is 0 Å². The van der Waals surface area contributed by atoms with Crippen LogP contribution in [0, 0.1) is 0 Å². The number of aliphatic hydroxyl groups is 1. The highest BCUT2D eigenvalue weighted by atomic mass is 16.5. The first-order valence-electron chi connectivity index (χ1n) is 10.7. The lowest BCUT2D eigenvalue weighted by Gasteiger charge is -2.22. The largest absolute Gasteiger partial charge is 0.497 e. The molecule has 0 spiro atoms. The molecule has 0 aromatic heterocycles. The molecule has 2 N–H and O–H groups in total. The zero-order chi connectivity index (χ0) is 20.1. The van der Waals surface area contributed by atoms with Crippen LogP contribution in [-0.4, -0.2) is 49.5 Å². The topological polar surface area (TPSA) is 54.0 Å². The van der Waals surface area contributed by atoms with Crippen LogP contribution in [0.25, 0.3) is 0 Å². The van der Waals surface area contributed by atoms with Gasteiger partial charge in [-0.15, -0.1) is 0 Å². The number of hydrogen-bond donors (Lipinski definition) is 2. The van der Waals surface area contributed by atoms with Crippen LogP contribution in [0.4, 0.5) is 0 Å². The Bertz CT molecular complexity index is 786. The van der Waals surface area contributed by atoms with Gasteiger partial charge in [-0.25, -0.2) is 0 Å². The number of hydrogen-bond acceptors (Lipinski definition) is 5. The van der Waals surface area contributed by atoms with Gasteiger partial charge in [-0.1, -0.05) is 36.4 Å². The fourth-order valence-corrected chi connectivity index (χ4v) is 4.16. The van der Waals surface area contributed by atoms with E-state index in [0.29, 0.717) is 13.2 Å². The lowest BCUT2D eigenvalue weighted by molar-refractivity contribution is 0.0753. The summed E-state index contributed by atoms with van der Waals surface area (Å²) in [6, 6.07) is 16.6. The standard InChI is InChI=1S/C24H32N2O3/c1-28-22-10-9-19(16-25-24(11-12-24)20-7-3-2-4-8-20)23(15-22)29-18-21(27)17-26-13-5-6-14-26/h2-4,7-10,15,21,25,27H,5-6,11-14,16-18H2,1H3. The van der Waals surface area contributed by atoms with E-state index in [1.807, 2.05) is 12.1 Å². The summed E-state index contributed by atoms with van der Waals surface area (Å²) in [5.41, 5.74) is 2.51. The lowest BCUT2D eigenvalue weighted by Crippen LogP contribution is -2.34. The van der Waals surface area contributed by atoms with E-state index in [1.165, 1.54) is 18.4 Å². The molecule has 156 valence electrons. The molecule has 5 nitrogen and oxygen atoms in total. The van der Waals surface area contributed by atoms with Crippen molar-refractivity contribution in [1.82, 2.24) is 10.2 Å². The first-order chi connectivity index (χ1) is 14.2. The van der Waals surface area contributed by atoms with Crippen molar-refractivity contribution < 1.29 is 14.6 Å². The Morgan fingerprint density at radius 1 is 1.10 bits per heavy atom. The quantitative estimate of drug-likeness (QED) is 0.645. The smallest absolute Gasteiger partial charge is 0.127 e. The first-order valence-corrected chi connectivity index (χ1v) is 10.7.